The molecule has 34 heavy (non-hydrogen) atoms. The van der Waals surface area contributed by atoms with Gasteiger partial charge in [-0.3, -0.25) is 0 Å². The van der Waals surface area contributed by atoms with Crippen LogP contribution < -0.4 is 14.2 Å². The number of rotatable bonds is 7. The van der Waals surface area contributed by atoms with E-state index in [-0.39, 0.29) is 17.3 Å². The Kier molecular flexibility index (Phi) is 6.84. The predicted octanol–water partition coefficient (Wildman–Crippen LogP) is 4.67. The largest absolute Gasteiger partial charge is 0.497 e. The third-order valence-corrected chi connectivity index (χ3v) is 4.87. The first-order chi connectivity index (χ1) is 16.6. The summed E-state index contributed by atoms with van der Waals surface area (Å²) in [4.78, 5) is 28.8. The molecule has 0 unspecified atom stereocenters. The molecule has 1 aliphatic heterocycles. The fourth-order valence-corrected chi connectivity index (χ4v) is 3.15. The SMILES string of the molecule is COc1ccc(C2=N/C(=C\c3ccc(OC(=O)/C=C/c4ccccc4)c(OC)c3)C(=O)O2)cc1. The summed E-state index contributed by atoms with van der Waals surface area (Å²) in [6.45, 7) is 0. The summed E-state index contributed by atoms with van der Waals surface area (Å²) in [6.07, 6.45) is 4.58. The van der Waals surface area contributed by atoms with Crippen molar-refractivity contribution in [1.82, 2.24) is 0 Å². The van der Waals surface area contributed by atoms with Crippen LogP contribution in [-0.4, -0.2) is 32.1 Å². The Labute approximate surface area is 196 Å². The summed E-state index contributed by atoms with van der Waals surface area (Å²) >= 11 is 0. The highest BCUT2D eigenvalue weighted by atomic mass is 16.6. The molecule has 0 spiro atoms. The van der Waals surface area contributed by atoms with Gasteiger partial charge in [0.2, 0.25) is 5.90 Å². The lowest BCUT2D eigenvalue weighted by Gasteiger charge is -2.08. The van der Waals surface area contributed by atoms with Crippen LogP contribution in [0.5, 0.6) is 17.2 Å². The highest BCUT2D eigenvalue weighted by Crippen LogP contribution is 2.30. The molecule has 1 heterocycles. The van der Waals surface area contributed by atoms with Gasteiger partial charge in [0.25, 0.3) is 0 Å². The number of benzene rings is 3. The van der Waals surface area contributed by atoms with Gasteiger partial charge in [-0.2, -0.15) is 0 Å². The lowest BCUT2D eigenvalue weighted by molar-refractivity contribution is -0.130. The number of hydrogen-bond donors (Lipinski definition) is 0. The molecule has 0 fully saturated rings. The Bertz CT molecular complexity index is 1290. The molecule has 7 nitrogen and oxygen atoms in total. The smallest absolute Gasteiger partial charge is 0.363 e. The normalized spacial score (nSPS) is 14.1. The van der Waals surface area contributed by atoms with E-state index < -0.39 is 11.9 Å². The van der Waals surface area contributed by atoms with Crippen LogP contribution in [0.15, 0.2) is 89.6 Å². The highest BCUT2D eigenvalue weighted by Gasteiger charge is 2.24. The van der Waals surface area contributed by atoms with Crippen molar-refractivity contribution in [1.29, 1.82) is 0 Å². The molecular weight excluding hydrogens is 434 g/mol. The average molecular weight is 455 g/mol. The van der Waals surface area contributed by atoms with E-state index in [1.165, 1.54) is 13.2 Å². The maximum absolute atomic E-state index is 12.3. The molecule has 3 aromatic rings. The van der Waals surface area contributed by atoms with Crippen LogP contribution in [-0.2, 0) is 14.3 Å². The first kappa shape index (κ1) is 22.5. The Hall–Kier alpha value is -4.65. The molecule has 0 saturated heterocycles. The molecule has 3 aromatic carbocycles. The molecule has 0 amide bonds. The summed E-state index contributed by atoms with van der Waals surface area (Å²) in [5.41, 5.74) is 2.30. The fraction of sp³-hybridized carbons (Fsp3) is 0.0741. The van der Waals surface area contributed by atoms with Gasteiger partial charge in [-0.1, -0.05) is 36.4 Å². The number of aliphatic imine (C=N–C) groups is 1. The minimum atomic E-state index is -0.564. The van der Waals surface area contributed by atoms with E-state index in [0.29, 0.717) is 22.6 Å². The number of ether oxygens (including phenoxy) is 4. The number of methoxy groups -OCH3 is 2. The van der Waals surface area contributed by atoms with Crippen LogP contribution in [0, 0.1) is 0 Å². The summed E-state index contributed by atoms with van der Waals surface area (Å²) in [6, 6.07) is 21.4. The number of nitrogens with zero attached hydrogens (tertiary/aromatic N) is 1. The third-order valence-electron chi connectivity index (χ3n) is 4.87. The minimum Gasteiger partial charge on any atom is -0.497 e. The maximum Gasteiger partial charge on any atom is 0.363 e. The second-order valence-corrected chi connectivity index (χ2v) is 7.14. The van der Waals surface area contributed by atoms with Crippen molar-refractivity contribution >= 4 is 30.0 Å². The Morgan fingerprint density at radius 3 is 2.35 bits per heavy atom. The van der Waals surface area contributed by atoms with Gasteiger partial charge in [-0.25, -0.2) is 14.6 Å². The van der Waals surface area contributed by atoms with Crippen molar-refractivity contribution in [2.24, 2.45) is 4.99 Å². The van der Waals surface area contributed by atoms with Gasteiger partial charge >= 0.3 is 11.9 Å². The molecule has 1 aliphatic rings. The predicted molar refractivity (Wildman–Crippen MR) is 128 cm³/mol. The molecule has 0 aliphatic carbocycles. The molecule has 0 radical (unpaired) electrons. The zero-order chi connectivity index (χ0) is 23.9. The monoisotopic (exact) mass is 455 g/mol. The van der Waals surface area contributed by atoms with E-state index >= 15 is 0 Å². The van der Waals surface area contributed by atoms with Crippen molar-refractivity contribution in [3.8, 4) is 17.2 Å². The van der Waals surface area contributed by atoms with Crippen molar-refractivity contribution in [3.63, 3.8) is 0 Å². The molecule has 7 heteroatoms. The summed E-state index contributed by atoms with van der Waals surface area (Å²) in [5, 5.41) is 0. The van der Waals surface area contributed by atoms with E-state index in [9.17, 15) is 9.59 Å². The van der Waals surface area contributed by atoms with Gasteiger partial charge in [0.1, 0.15) is 5.75 Å². The zero-order valence-corrected chi connectivity index (χ0v) is 18.6. The van der Waals surface area contributed by atoms with E-state index in [1.54, 1.807) is 61.7 Å². The van der Waals surface area contributed by atoms with Gasteiger partial charge < -0.3 is 18.9 Å². The van der Waals surface area contributed by atoms with Crippen molar-refractivity contribution < 1.29 is 28.5 Å². The topological polar surface area (TPSA) is 83.4 Å². The Morgan fingerprint density at radius 1 is 0.882 bits per heavy atom. The Balaban J connectivity index is 1.50. The van der Waals surface area contributed by atoms with Crippen LogP contribution >= 0.6 is 0 Å². The van der Waals surface area contributed by atoms with Gasteiger partial charge in [0, 0.05) is 11.6 Å². The van der Waals surface area contributed by atoms with Crippen molar-refractivity contribution in [2.45, 2.75) is 0 Å². The van der Waals surface area contributed by atoms with Gasteiger partial charge in [-0.05, 0) is 59.7 Å². The fourth-order valence-electron chi connectivity index (χ4n) is 3.15. The summed E-state index contributed by atoms with van der Waals surface area (Å²) in [5.74, 6) is 0.382. The van der Waals surface area contributed by atoms with E-state index in [1.807, 2.05) is 30.3 Å². The molecule has 4 rings (SSSR count). The highest BCUT2D eigenvalue weighted by molar-refractivity contribution is 6.12. The van der Waals surface area contributed by atoms with E-state index in [4.69, 9.17) is 18.9 Å². The number of carbonyl (C=O) groups is 2. The standard InChI is InChI=1S/C27H21NO6/c1-31-21-12-10-20(11-13-21)26-28-22(27(30)34-26)16-19-8-14-23(24(17-19)32-2)33-25(29)15-9-18-6-4-3-5-7-18/h3-17H,1-2H3/b15-9+,22-16-. The van der Waals surface area contributed by atoms with Gasteiger partial charge in [0.05, 0.1) is 14.2 Å². The van der Waals surface area contributed by atoms with Crippen LogP contribution in [0.4, 0.5) is 0 Å². The second-order valence-electron chi connectivity index (χ2n) is 7.14. The van der Waals surface area contributed by atoms with E-state index in [2.05, 4.69) is 4.99 Å². The van der Waals surface area contributed by atoms with E-state index in [0.717, 1.165) is 5.56 Å². The summed E-state index contributed by atoms with van der Waals surface area (Å²) in [7, 11) is 3.04. The van der Waals surface area contributed by atoms with Gasteiger partial charge in [0.15, 0.2) is 17.2 Å². The summed E-state index contributed by atoms with van der Waals surface area (Å²) < 4.78 is 21.2. The third kappa shape index (κ3) is 5.39. The lowest BCUT2D eigenvalue weighted by atomic mass is 10.1. The van der Waals surface area contributed by atoms with Crippen LogP contribution in [0.2, 0.25) is 0 Å². The number of esters is 2. The quantitative estimate of drug-likeness (QED) is 0.293. The number of cyclic esters (lactones) is 1. The molecule has 0 atom stereocenters. The van der Waals surface area contributed by atoms with Crippen molar-refractivity contribution in [2.75, 3.05) is 14.2 Å². The van der Waals surface area contributed by atoms with Crippen LogP contribution in [0.25, 0.3) is 12.2 Å². The van der Waals surface area contributed by atoms with Crippen LogP contribution in [0.3, 0.4) is 0 Å². The second kappa shape index (κ2) is 10.3. The molecule has 0 N–H and O–H groups in total. The van der Waals surface area contributed by atoms with Crippen molar-refractivity contribution in [3.05, 3.63) is 101 Å². The number of carbonyl (C=O) groups excluding carboxylic acids is 2. The first-order valence-corrected chi connectivity index (χ1v) is 10.4. The minimum absolute atomic E-state index is 0.142. The molecule has 0 bridgehead atoms. The maximum atomic E-state index is 12.3. The van der Waals surface area contributed by atoms with Gasteiger partial charge in [-0.15, -0.1) is 0 Å². The first-order valence-electron chi connectivity index (χ1n) is 10.4. The molecular formula is C27H21NO6. The molecule has 0 saturated carbocycles. The zero-order valence-electron chi connectivity index (χ0n) is 18.6. The molecule has 0 aromatic heterocycles. The lowest BCUT2D eigenvalue weighted by Crippen LogP contribution is -2.05. The average Bonchev–Trinajstić information content (AvgIpc) is 3.24. The molecule has 170 valence electrons. The number of hydrogen-bond acceptors (Lipinski definition) is 7. The van der Waals surface area contributed by atoms with Crippen LogP contribution in [0.1, 0.15) is 16.7 Å². The Morgan fingerprint density at radius 2 is 1.65 bits per heavy atom.